The third-order valence-electron chi connectivity index (χ3n) is 4.14. The van der Waals surface area contributed by atoms with E-state index in [1.165, 1.54) is 11.2 Å². The highest BCUT2D eigenvalue weighted by Gasteiger charge is 2.36. The zero-order valence-corrected chi connectivity index (χ0v) is 15.8. The molecule has 24 heavy (non-hydrogen) atoms. The Morgan fingerprint density at radius 2 is 1.71 bits per heavy atom. The van der Waals surface area contributed by atoms with Crippen LogP contribution in [0.4, 0.5) is 18.9 Å². The van der Waals surface area contributed by atoms with Crippen LogP contribution >= 0.6 is 23.7 Å². The van der Waals surface area contributed by atoms with E-state index in [4.69, 9.17) is 0 Å². The average Bonchev–Trinajstić information content (AvgIpc) is 2.59. The lowest BCUT2D eigenvalue weighted by Gasteiger charge is -2.35. The maximum Gasteiger partial charge on any atom is 0.395 e. The maximum atomic E-state index is 12.8. The Morgan fingerprint density at radius 1 is 1.12 bits per heavy atom. The second-order valence-corrected chi connectivity index (χ2v) is 7.92. The molecular weight excluding hydrogens is 353 g/mol. The monoisotopic (exact) mass is 376 g/mol. The quantitative estimate of drug-likeness (QED) is 0.639. The number of benzene rings is 1. The molecule has 1 fully saturated rings. The molecular formula is C17H23F3N2S2. The Kier molecular flexibility index (Phi) is 6.95. The molecule has 0 aliphatic carbocycles. The fourth-order valence-corrected chi connectivity index (χ4v) is 4.09. The molecule has 1 aliphatic heterocycles. The smallest absolute Gasteiger partial charge is 0.369 e. The number of halogens is 3. The predicted octanol–water partition coefficient (Wildman–Crippen LogP) is 5.35. The van der Waals surface area contributed by atoms with Gasteiger partial charge in [-0.25, -0.2) is 4.31 Å². The lowest BCUT2D eigenvalue weighted by Crippen LogP contribution is -2.43. The molecule has 0 N–H and O–H groups in total. The maximum absolute atomic E-state index is 12.8. The third-order valence-corrected chi connectivity index (χ3v) is 6.54. The van der Waals surface area contributed by atoms with E-state index in [0.717, 1.165) is 31.9 Å². The Morgan fingerprint density at radius 3 is 2.17 bits per heavy atom. The van der Waals surface area contributed by atoms with Gasteiger partial charge in [-0.3, -0.25) is 0 Å². The first-order valence-corrected chi connectivity index (χ1v) is 9.89. The van der Waals surface area contributed by atoms with Crippen LogP contribution in [0.25, 0.3) is 0 Å². The van der Waals surface area contributed by atoms with Crippen molar-refractivity contribution in [2.24, 2.45) is 0 Å². The molecule has 1 saturated heterocycles. The van der Waals surface area contributed by atoms with Gasteiger partial charge in [-0.2, -0.15) is 13.2 Å². The molecule has 1 aliphatic rings. The largest absolute Gasteiger partial charge is 0.395 e. The van der Waals surface area contributed by atoms with Crippen LogP contribution < -0.4 is 4.90 Å². The van der Waals surface area contributed by atoms with Gasteiger partial charge in [0, 0.05) is 31.9 Å². The average molecular weight is 377 g/mol. The zero-order valence-electron chi connectivity index (χ0n) is 14.1. The molecule has 0 radical (unpaired) electrons. The third kappa shape index (κ3) is 5.10. The number of hydrogen-bond acceptors (Lipinski definition) is 4. The van der Waals surface area contributed by atoms with E-state index in [1.54, 1.807) is 48.0 Å². The highest BCUT2D eigenvalue weighted by atomic mass is 32.2. The van der Waals surface area contributed by atoms with Gasteiger partial charge in [0.15, 0.2) is 0 Å². The molecule has 1 atom stereocenters. The van der Waals surface area contributed by atoms with Crippen molar-refractivity contribution in [2.45, 2.75) is 25.9 Å². The van der Waals surface area contributed by atoms with Crippen molar-refractivity contribution in [3.63, 3.8) is 0 Å². The van der Waals surface area contributed by atoms with Crippen LogP contribution in [0.15, 0.2) is 34.6 Å². The molecule has 1 unspecified atom stereocenters. The number of alkyl halides is 3. The molecule has 0 spiro atoms. The first-order valence-electron chi connectivity index (χ1n) is 7.90. The van der Waals surface area contributed by atoms with Gasteiger partial charge in [0.05, 0.1) is 10.2 Å². The van der Waals surface area contributed by atoms with Crippen LogP contribution in [-0.2, 0) is 0 Å². The normalized spacial score (nSPS) is 18.8. The van der Waals surface area contributed by atoms with E-state index in [2.05, 4.69) is 21.5 Å². The van der Waals surface area contributed by atoms with Crippen LogP contribution in [0.2, 0.25) is 0 Å². The summed E-state index contributed by atoms with van der Waals surface area (Å²) in [5.41, 5.74) is 1.31. The van der Waals surface area contributed by atoms with Gasteiger partial charge in [-0.15, -0.1) is 11.8 Å². The van der Waals surface area contributed by atoms with Gasteiger partial charge in [-0.05, 0) is 49.7 Å². The summed E-state index contributed by atoms with van der Waals surface area (Å²) in [7, 11) is 0. The van der Waals surface area contributed by atoms with Gasteiger partial charge >= 0.3 is 6.18 Å². The van der Waals surface area contributed by atoms with Crippen molar-refractivity contribution in [1.29, 1.82) is 0 Å². The molecule has 1 aromatic carbocycles. The van der Waals surface area contributed by atoms with E-state index in [0.29, 0.717) is 5.56 Å². The highest BCUT2D eigenvalue weighted by molar-refractivity contribution is 8.20. The zero-order chi connectivity index (χ0) is 17.7. The Balaban J connectivity index is 1.93. The molecule has 134 valence electrons. The molecule has 7 heteroatoms. The van der Waals surface area contributed by atoms with Gasteiger partial charge in [0.1, 0.15) is 0 Å². The first-order chi connectivity index (χ1) is 11.3. The molecule has 1 aromatic rings. The van der Waals surface area contributed by atoms with Gasteiger partial charge in [0.2, 0.25) is 0 Å². The van der Waals surface area contributed by atoms with Crippen LogP contribution in [0.3, 0.4) is 0 Å². The fraction of sp³-hybridized carbons (Fsp3) is 0.529. The number of piperazine rings is 1. The molecule has 0 bridgehead atoms. The van der Waals surface area contributed by atoms with Crippen molar-refractivity contribution < 1.29 is 13.2 Å². The number of hydrogen-bond donors (Lipinski definition) is 0. The van der Waals surface area contributed by atoms with Crippen LogP contribution in [0.1, 0.15) is 25.3 Å². The standard InChI is InChI=1S/C17H23F3N2S2/c1-4-16(23-3)24-22-11-9-21(10-12-22)15-7-5-14(6-8-15)13(2)17(18,19)20/h4-8,13H,9-12H2,1-3H3/b16-4+. The van der Waals surface area contributed by atoms with E-state index < -0.39 is 12.1 Å². The Labute approximate surface area is 150 Å². The number of allylic oxidation sites excluding steroid dienone is 1. The summed E-state index contributed by atoms with van der Waals surface area (Å²) in [6.07, 6.45) is -0.00349. The van der Waals surface area contributed by atoms with E-state index in [1.807, 2.05) is 6.92 Å². The van der Waals surface area contributed by atoms with Gasteiger partial charge in [-0.1, -0.05) is 18.2 Å². The molecule has 0 saturated carbocycles. The molecule has 0 amide bonds. The highest BCUT2D eigenvalue weighted by Crippen LogP contribution is 2.35. The number of nitrogens with zero attached hydrogens (tertiary/aromatic N) is 2. The lowest BCUT2D eigenvalue weighted by atomic mass is 10.0. The van der Waals surface area contributed by atoms with Gasteiger partial charge in [0.25, 0.3) is 0 Å². The van der Waals surface area contributed by atoms with Crippen LogP contribution in [0.5, 0.6) is 0 Å². The number of anilines is 1. The molecule has 0 aromatic heterocycles. The number of rotatable bonds is 5. The van der Waals surface area contributed by atoms with E-state index in [9.17, 15) is 13.2 Å². The summed E-state index contributed by atoms with van der Waals surface area (Å²) in [5, 5.41) is 0. The summed E-state index contributed by atoms with van der Waals surface area (Å²) in [6, 6.07) is 6.81. The van der Waals surface area contributed by atoms with Gasteiger partial charge < -0.3 is 4.90 Å². The SMILES string of the molecule is C/C=C(\SC)SN1CCN(c2ccc(C(C)C(F)(F)F)cc2)CC1. The summed E-state index contributed by atoms with van der Waals surface area (Å²) < 4.78 is 41.9. The summed E-state index contributed by atoms with van der Waals surface area (Å²) in [6.45, 7) is 6.87. The van der Waals surface area contributed by atoms with Crippen molar-refractivity contribution in [1.82, 2.24) is 4.31 Å². The van der Waals surface area contributed by atoms with Crippen molar-refractivity contribution >= 4 is 29.4 Å². The fourth-order valence-electron chi connectivity index (χ4n) is 2.54. The number of thioether (sulfide) groups is 1. The summed E-state index contributed by atoms with van der Waals surface area (Å²) >= 11 is 3.52. The lowest BCUT2D eigenvalue weighted by molar-refractivity contribution is -0.146. The molecule has 1 heterocycles. The minimum atomic E-state index is -4.19. The van der Waals surface area contributed by atoms with Crippen molar-refractivity contribution in [3.05, 3.63) is 40.1 Å². The molecule has 2 nitrogen and oxygen atoms in total. The summed E-state index contributed by atoms with van der Waals surface area (Å²) in [5.74, 6) is -1.43. The predicted molar refractivity (Wildman–Crippen MR) is 99.6 cm³/mol. The minimum Gasteiger partial charge on any atom is -0.369 e. The topological polar surface area (TPSA) is 6.48 Å². The second kappa shape index (κ2) is 8.54. The minimum absolute atomic E-state index is 0.318. The Bertz CT molecular complexity index is 550. The van der Waals surface area contributed by atoms with E-state index >= 15 is 0 Å². The molecule has 2 rings (SSSR count). The van der Waals surface area contributed by atoms with Crippen LogP contribution in [0, 0.1) is 0 Å². The second-order valence-electron chi connectivity index (χ2n) is 5.67. The first kappa shape index (κ1) is 19.5. The summed E-state index contributed by atoms with van der Waals surface area (Å²) in [4.78, 5) is 2.23. The van der Waals surface area contributed by atoms with E-state index in [-0.39, 0.29) is 0 Å². The van der Waals surface area contributed by atoms with Crippen molar-refractivity contribution in [3.8, 4) is 0 Å². The van der Waals surface area contributed by atoms with Crippen LogP contribution in [-0.4, -0.2) is 42.9 Å². The Hall–Kier alpha value is -0.790. The van der Waals surface area contributed by atoms with Crippen molar-refractivity contribution in [2.75, 3.05) is 37.3 Å².